The Bertz CT molecular complexity index is 330. The van der Waals surface area contributed by atoms with E-state index in [1.54, 1.807) is 0 Å². The lowest BCUT2D eigenvalue weighted by Crippen LogP contribution is -1.72. The Morgan fingerprint density at radius 2 is 2.10 bits per heavy atom. The van der Waals surface area contributed by atoms with E-state index in [2.05, 4.69) is 16.9 Å². The average molecular weight is 129 g/mol. The van der Waals surface area contributed by atoms with Gasteiger partial charge in [0.1, 0.15) is 0 Å². The van der Waals surface area contributed by atoms with Crippen LogP contribution in [0, 0.1) is 0 Å². The van der Waals surface area contributed by atoms with Crippen LogP contribution in [0.4, 0.5) is 5.69 Å². The molecule has 0 bridgehead atoms. The highest BCUT2D eigenvalue weighted by Gasteiger charge is 2.05. The molecule has 10 heavy (non-hydrogen) atoms. The van der Waals surface area contributed by atoms with Crippen molar-refractivity contribution in [3.05, 3.63) is 29.8 Å². The highest BCUT2D eigenvalue weighted by molar-refractivity contribution is 5.98. The lowest BCUT2D eigenvalue weighted by atomic mass is 10.1. The van der Waals surface area contributed by atoms with Gasteiger partial charge in [0.2, 0.25) is 0 Å². The van der Waals surface area contributed by atoms with Crippen LogP contribution < -0.4 is 0 Å². The van der Waals surface area contributed by atoms with E-state index in [0.29, 0.717) is 0 Å². The Kier molecular flexibility index (Phi) is 0.996. The van der Waals surface area contributed by atoms with Crippen LogP contribution in [0.2, 0.25) is 0 Å². The normalized spacial score (nSPS) is 13.1. The first-order valence-electron chi connectivity index (χ1n) is 3.27. The highest BCUT2D eigenvalue weighted by atomic mass is 14.7. The van der Waals surface area contributed by atoms with E-state index < -0.39 is 0 Å². The molecule has 0 spiro atoms. The summed E-state index contributed by atoms with van der Waals surface area (Å²) in [5, 5.41) is 0. The first kappa shape index (κ1) is 5.45. The molecule has 0 radical (unpaired) electrons. The molecule has 0 aliphatic carbocycles. The number of hydrogen-bond donors (Lipinski definition) is 0. The van der Waals surface area contributed by atoms with Gasteiger partial charge in [-0.2, -0.15) is 0 Å². The van der Waals surface area contributed by atoms with Crippen molar-refractivity contribution >= 4 is 17.1 Å². The number of allylic oxidation sites excluding steroid dienone is 1. The van der Waals surface area contributed by atoms with Crippen molar-refractivity contribution < 1.29 is 0 Å². The van der Waals surface area contributed by atoms with Crippen LogP contribution in [0.3, 0.4) is 0 Å². The third-order valence-electron chi connectivity index (χ3n) is 1.65. The maximum atomic E-state index is 4.09. The van der Waals surface area contributed by atoms with E-state index in [4.69, 9.17) is 0 Å². The Labute approximate surface area is 59.7 Å². The van der Waals surface area contributed by atoms with Crippen molar-refractivity contribution in [3.63, 3.8) is 0 Å². The third kappa shape index (κ3) is 0.615. The summed E-state index contributed by atoms with van der Waals surface area (Å²) in [5.41, 5.74) is 3.39. The standard InChI is InChI=1S/C9H7N/c1-7-6-10-9-5-3-2-4-8(7)9/h2-5H,1H3. The van der Waals surface area contributed by atoms with Crippen LogP contribution in [0.1, 0.15) is 12.5 Å². The monoisotopic (exact) mass is 129 g/mol. The molecular weight excluding hydrogens is 122 g/mol. The molecule has 0 saturated carbocycles. The smallest absolute Gasteiger partial charge is 0.0811 e. The fourth-order valence-corrected chi connectivity index (χ4v) is 1.09. The van der Waals surface area contributed by atoms with E-state index >= 15 is 0 Å². The van der Waals surface area contributed by atoms with E-state index in [1.165, 1.54) is 5.56 Å². The summed E-state index contributed by atoms with van der Waals surface area (Å²) >= 11 is 0. The Morgan fingerprint density at radius 1 is 1.30 bits per heavy atom. The number of nitrogens with zero attached hydrogens (tertiary/aromatic N) is 1. The Balaban J connectivity index is 2.70. The minimum atomic E-state index is 1.04. The highest BCUT2D eigenvalue weighted by Crippen LogP contribution is 2.27. The lowest BCUT2D eigenvalue weighted by Gasteiger charge is -1.94. The Morgan fingerprint density at radius 3 is 2.90 bits per heavy atom. The number of rotatable bonds is 0. The fourth-order valence-electron chi connectivity index (χ4n) is 1.09. The van der Waals surface area contributed by atoms with Crippen molar-refractivity contribution in [2.75, 3.05) is 0 Å². The minimum Gasteiger partial charge on any atom is -0.205 e. The molecule has 1 heterocycles. The molecular formula is C9H7N. The number of benzene rings is 1. The average Bonchev–Trinajstić information content (AvgIpc) is 2.34. The molecule has 1 aromatic rings. The number of para-hydroxylation sites is 1. The molecule has 2 rings (SSSR count). The van der Waals surface area contributed by atoms with Crippen molar-refractivity contribution in [1.82, 2.24) is 0 Å². The fraction of sp³-hybridized carbons (Fsp3) is 0.111. The molecule has 0 fully saturated rings. The number of hydrogen-bond acceptors (Lipinski definition) is 1. The summed E-state index contributed by atoms with van der Waals surface area (Å²) in [6.07, 6.45) is 0. The molecule has 1 nitrogen and oxygen atoms in total. The van der Waals surface area contributed by atoms with Crippen molar-refractivity contribution in [2.24, 2.45) is 4.99 Å². The number of fused-ring (bicyclic) bond motifs is 1. The molecule has 1 aliphatic rings. The Hall–Kier alpha value is -1.33. The second kappa shape index (κ2) is 1.83. The van der Waals surface area contributed by atoms with Crippen LogP contribution in [0.25, 0.3) is 5.57 Å². The molecule has 0 saturated heterocycles. The van der Waals surface area contributed by atoms with Gasteiger partial charge in [-0.05, 0) is 18.9 Å². The molecule has 48 valence electrons. The largest absolute Gasteiger partial charge is 0.205 e. The molecule has 0 amide bonds. The summed E-state index contributed by atoms with van der Waals surface area (Å²) in [6, 6.07) is 8.07. The van der Waals surface area contributed by atoms with Gasteiger partial charge in [-0.15, -0.1) is 0 Å². The summed E-state index contributed by atoms with van der Waals surface area (Å²) in [5.74, 6) is 2.93. The summed E-state index contributed by atoms with van der Waals surface area (Å²) in [4.78, 5) is 4.09. The van der Waals surface area contributed by atoms with Crippen LogP contribution >= 0.6 is 0 Å². The van der Waals surface area contributed by atoms with Gasteiger partial charge in [-0.3, -0.25) is 0 Å². The third-order valence-corrected chi connectivity index (χ3v) is 1.65. The molecule has 0 aromatic heterocycles. The zero-order chi connectivity index (χ0) is 6.97. The minimum absolute atomic E-state index is 1.04. The maximum absolute atomic E-state index is 4.09. The quantitative estimate of drug-likeness (QED) is 0.510. The van der Waals surface area contributed by atoms with E-state index in [9.17, 15) is 0 Å². The van der Waals surface area contributed by atoms with Gasteiger partial charge in [0, 0.05) is 11.1 Å². The summed E-state index contributed by atoms with van der Waals surface area (Å²) in [6.45, 7) is 2.02. The van der Waals surface area contributed by atoms with Gasteiger partial charge in [0.25, 0.3) is 0 Å². The lowest BCUT2D eigenvalue weighted by molar-refractivity contribution is 1.53. The van der Waals surface area contributed by atoms with Crippen LogP contribution in [-0.2, 0) is 0 Å². The zero-order valence-corrected chi connectivity index (χ0v) is 5.76. The van der Waals surface area contributed by atoms with Gasteiger partial charge >= 0.3 is 0 Å². The molecule has 1 aliphatic heterocycles. The van der Waals surface area contributed by atoms with Crippen molar-refractivity contribution in [2.45, 2.75) is 6.92 Å². The SMILES string of the molecule is CC1=C=Nc2ccccc21. The summed E-state index contributed by atoms with van der Waals surface area (Å²) in [7, 11) is 0. The van der Waals surface area contributed by atoms with Crippen LogP contribution in [0.5, 0.6) is 0 Å². The first-order valence-corrected chi connectivity index (χ1v) is 3.27. The molecule has 0 unspecified atom stereocenters. The second-order valence-electron chi connectivity index (χ2n) is 2.37. The molecule has 0 atom stereocenters. The summed E-state index contributed by atoms with van der Waals surface area (Å²) < 4.78 is 0. The topological polar surface area (TPSA) is 12.4 Å². The predicted molar refractivity (Wildman–Crippen MR) is 42.6 cm³/mol. The zero-order valence-electron chi connectivity index (χ0n) is 5.76. The van der Waals surface area contributed by atoms with E-state index in [1.807, 2.05) is 25.1 Å². The van der Waals surface area contributed by atoms with Gasteiger partial charge in [-0.1, -0.05) is 18.2 Å². The first-order chi connectivity index (χ1) is 4.88. The van der Waals surface area contributed by atoms with Gasteiger partial charge in [0.05, 0.1) is 5.69 Å². The van der Waals surface area contributed by atoms with Crippen molar-refractivity contribution in [3.8, 4) is 0 Å². The van der Waals surface area contributed by atoms with Gasteiger partial charge in [0.15, 0.2) is 0 Å². The van der Waals surface area contributed by atoms with E-state index in [-0.39, 0.29) is 0 Å². The molecule has 0 N–H and O–H groups in total. The van der Waals surface area contributed by atoms with Crippen molar-refractivity contribution in [1.29, 1.82) is 0 Å². The van der Waals surface area contributed by atoms with Gasteiger partial charge < -0.3 is 0 Å². The second-order valence-corrected chi connectivity index (χ2v) is 2.37. The molecule has 1 aromatic carbocycles. The number of aliphatic imine (C=N–C) groups is 1. The van der Waals surface area contributed by atoms with Gasteiger partial charge in [-0.25, -0.2) is 4.99 Å². The van der Waals surface area contributed by atoms with E-state index in [0.717, 1.165) is 11.3 Å². The predicted octanol–water partition coefficient (Wildman–Crippen LogP) is 2.40. The molecule has 1 heteroatoms. The van der Waals surface area contributed by atoms with Crippen LogP contribution in [-0.4, -0.2) is 5.87 Å². The maximum Gasteiger partial charge on any atom is 0.0811 e. The van der Waals surface area contributed by atoms with Crippen LogP contribution in [0.15, 0.2) is 29.3 Å².